The van der Waals surface area contributed by atoms with Crippen molar-refractivity contribution >= 4 is 0 Å². The van der Waals surface area contributed by atoms with E-state index in [0.717, 1.165) is 19.5 Å². The summed E-state index contributed by atoms with van der Waals surface area (Å²) in [4.78, 5) is 0. The maximum absolute atomic E-state index is 5.55. The monoisotopic (exact) mass is 186 g/mol. The first-order valence-electron chi connectivity index (χ1n) is 5.78. The van der Waals surface area contributed by atoms with Crippen LogP contribution < -0.4 is 11.1 Å². The van der Waals surface area contributed by atoms with Crippen LogP contribution in [0.25, 0.3) is 0 Å². The summed E-state index contributed by atoms with van der Waals surface area (Å²) in [5.41, 5.74) is 5.55. The molecule has 0 aromatic rings. The molecule has 0 saturated carbocycles. The van der Waals surface area contributed by atoms with Gasteiger partial charge in [0.2, 0.25) is 0 Å². The Morgan fingerprint density at radius 1 is 1.08 bits per heavy atom. The lowest BCUT2D eigenvalue weighted by Gasteiger charge is -2.16. The van der Waals surface area contributed by atoms with Crippen LogP contribution in [0.5, 0.6) is 0 Å². The predicted molar refractivity (Wildman–Crippen MR) is 59.9 cm³/mol. The Morgan fingerprint density at radius 3 is 2.38 bits per heavy atom. The highest BCUT2D eigenvalue weighted by Gasteiger charge is 2.04. The first kappa shape index (κ1) is 12.9. The highest BCUT2D eigenvalue weighted by molar-refractivity contribution is 4.66. The average Bonchev–Trinajstić information content (AvgIpc) is 2.13. The van der Waals surface area contributed by atoms with E-state index in [1.807, 2.05) is 0 Å². The summed E-state index contributed by atoms with van der Waals surface area (Å²) in [5, 5.41) is 3.48. The van der Waals surface area contributed by atoms with Crippen LogP contribution in [-0.2, 0) is 0 Å². The van der Waals surface area contributed by atoms with E-state index in [-0.39, 0.29) is 0 Å². The summed E-state index contributed by atoms with van der Waals surface area (Å²) in [6, 6.07) is 0.659. The van der Waals surface area contributed by atoms with Crippen LogP contribution in [0, 0.1) is 0 Å². The Labute approximate surface area is 83.3 Å². The highest BCUT2D eigenvalue weighted by Crippen LogP contribution is 2.07. The summed E-state index contributed by atoms with van der Waals surface area (Å²) in [6.45, 7) is 6.29. The maximum Gasteiger partial charge on any atom is 0.00789 e. The van der Waals surface area contributed by atoms with Gasteiger partial charge in [0, 0.05) is 6.04 Å². The fraction of sp³-hybridized carbons (Fsp3) is 1.00. The second kappa shape index (κ2) is 10.0. The molecule has 0 bridgehead atoms. The van der Waals surface area contributed by atoms with Crippen LogP contribution in [0.2, 0.25) is 0 Å². The molecule has 2 heteroatoms. The summed E-state index contributed by atoms with van der Waals surface area (Å²) in [5.74, 6) is 0. The van der Waals surface area contributed by atoms with E-state index in [1.54, 1.807) is 0 Å². The molecule has 3 N–H and O–H groups in total. The van der Waals surface area contributed by atoms with Gasteiger partial charge in [0.15, 0.2) is 0 Å². The van der Waals surface area contributed by atoms with Crippen LogP contribution in [0.15, 0.2) is 0 Å². The zero-order valence-corrected chi connectivity index (χ0v) is 9.31. The second-order valence-electron chi connectivity index (χ2n) is 3.68. The first-order chi connectivity index (χ1) is 6.35. The molecule has 0 saturated heterocycles. The molecule has 0 aliphatic rings. The van der Waals surface area contributed by atoms with Crippen LogP contribution in [-0.4, -0.2) is 19.1 Å². The minimum absolute atomic E-state index is 0.659. The average molecular weight is 186 g/mol. The predicted octanol–water partition coefficient (Wildman–Crippen LogP) is 2.28. The van der Waals surface area contributed by atoms with E-state index in [2.05, 4.69) is 19.2 Å². The molecule has 0 aliphatic heterocycles. The Morgan fingerprint density at radius 2 is 1.85 bits per heavy atom. The van der Waals surface area contributed by atoms with Crippen LogP contribution in [0.3, 0.4) is 0 Å². The molecule has 0 spiro atoms. The number of nitrogens with two attached hydrogens (primary N) is 1. The van der Waals surface area contributed by atoms with Crippen LogP contribution in [0.1, 0.15) is 52.4 Å². The van der Waals surface area contributed by atoms with Gasteiger partial charge in [0.05, 0.1) is 0 Å². The van der Waals surface area contributed by atoms with Gasteiger partial charge >= 0.3 is 0 Å². The topological polar surface area (TPSA) is 38.0 Å². The molecular weight excluding hydrogens is 160 g/mol. The molecule has 80 valence electrons. The normalized spacial score (nSPS) is 13.2. The van der Waals surface area contributed by atoms with Crippen molar-refractivity contribution in [3.8, 4) is 0 Å². The number of hydrogen-bond donors (Lipinski definition) is 2. The molecule has 0 aliphatic carbocycles. The smallest absolute Gasteiger partial charge is 0.00789 e. The third kappa shape index (κ3) is 8.26. The first-order valence-corrected chi connectivity index (χ1v) is 5.78. The van der Waals surface area contributed by atoms with E-state index in [4.69, 9.17) is 5.73 Å². The lowest BCUT2D eigenvalue weighted by Crippen LogP contribution is -2.30. The van der Waals surface area contributed by atoms with Gasteiger partial charge < -0.3 is 11.1 Å². The summed E-state index contributed by atoms with van der Waals surface area (Å²) in [7, 11) is 0. The van der Waals surface area contributed by atoms with Gasteiger partial charge in [-0.25, -0.2) is 0 Å². The largest absolute Gasteiger partial charge is 0.330 e. The zero-order chi connectivity index (χ0) is 9.94. The van der Waals surface area contributed by atoms with Gasteiger partial charge in [-0.1, -0.05) is 39.5 Å². The van der Waals surface area contributed by atoms with Crippen molar-refractivity contribution in [1.29, 1.82) is 0 Å². The van der Waals surface area contributed by atoms with Crippen molar-refractivity contribution in [2.45, 2.75) is 58.4 Å². The molecule has 2 nitrogen and oxygen atoms in total. The van der Waals surface area contributed by atoms with E-state index < -0.39 is 0 Å². The number of rotatable bonds is 9. The standard InChI is InChI=1S/C11H26N2/c1-3-5-6-7-8-11(9-10-12)13-4-2/h11,13H,3-10,12H2,1-2H3. The van der Waals surface area contributed by atoms with E-state index in [0.29, 0.717) is 6.04 Å². The van der Waals surface area contributed by atoms with Crippen molar-refractivity contribution < 1.29 is 0 Å². The van der Waals surface area contributed by atoms with Crippen molar-refractivity contribution in [2.24, 2.45) is 5.73 Å². The molecule has 1 unspecified atom stereocenters. The summed E-state index contributed by atoms with van der Waals surface area (Å²) >= 11 is 0. The van der Waals surface area contributed by atoms with E-state index in [9.17, 15) is 0 Å². The minimum atomic E-state index is 0.659. The molecule has 0 aromatic heterocycles. The van der Waals surface area contributed by atoms with Gasteiger partial charge in [0.1, 0.15) is 0 Å². The third-order valence-electron chi connectivity index (χ3n) is 2.41. The molecule has 0 amide bonds. The lowest BCUT2D eigenvalue weighted by atomic mass is 10.0. The van der Waals surface area contributed by atoms with Gasteiger partial charge in [-0.05, 0) is 25.9 Å². The molecule has 0 heterocycles. The van der Waals surface area contributed by atoms with Crippen molar-refractivity contribution in [2.75, 3.05) is 13.1 Å². The van der Waals surface area contributed by atoms with Gasteiger partial charge in [0.25, 0.3) is 0 Å². The van der Waals surface area contributed by atoms with Gasteiger partial charge in [-0.15, -0.1) is 0 Å². The van der Waals surface area contributed by atoms with Crippen molar-refractivity contribution in [3.63, 3.8) is 0 Å². The maximum atomic E-state index is 5.55. The summed E-state index contributed by atoms with van der Waals surface area (Å²) in [6.07, 6.45) is 7.85. The Hall–Kier alpha value is -0.0800. The minimum Gasteiger partial charge on any atom is -0.330 e. The Bertz CT molecular complexity index is 88.1. The molecule has 0 aromatic carbocycles. The molecular formula is C11H26N2. The number of hydrogen-bond acceptors (Lipinski definition) is 2. The molecule has 0 fully saturated rings. The van der Waals surface area contributed by atoms with E-state index >= 15 is 0 Å². The highest BCUT2D eigenvalue weighted by atomic mass is 14.9. The molecule has 1 atom stereocenters. The number of unbranched alkanes of at least 4 members (excludes halogenated alkanes) is 3. The second-order valence-corrected chi connectivity index (χ2v) is 3.68. The fourth-order valence-corrected chi connectivity index (χ4v) is 1.66. The molecule has 0 radical (unpaired) electrons. The van der Waals surface area contributed by atoms with Crippen LogP contribution >= 0.6 is 0 Å². The molecule has 13 heavy (non-hydrogen) atoms. The lowest BCUT2D eigenvalue weighted by molar-refractivity contribution is 0.445. The summed E-state index contributed by atoms with van der Waals surface area (Å²) < 4.78 is 0. The van der Waals surface area contributed by atoms with Crippen LogP contribution in [0.4, 0.5) is 0 Å². The Balaban J connectivity index is 3.33. The van der Waals surface area contributed by atoms with Crippen molar-refractivity contribution in [1.82, 2.24) is 5.32 Å². The van der Waals surface area contributed by atoms with Gasteiger partial charge in [-0.2, -0.15) is 0 Å². The van der Waals surface area contributed by atoms with Gasteiger partial charge in [-0.3, -0.25) is 0 Å². The third-order valence-corrected chi connectivity index (χ3v) is 2.41. The fourth-order valence-electron chi connectivity index (χ4n) is 1.66. The quantitative estimate of drug-likeness (QED) is 0.542. The SMILES string of the molecule is CCCCCCC(CCN)NCC. The van der Waals surface area contributed by atoms with Crippen molar-refractivity contribution in [3.05, 3.63) is 0 Å². The molecule has 0 rings (SSSR count). The number of nitrogens with one attached hydrogen (secondary N) is 1. The van der Waals surface area contributed by atoms with E-state index in [1.165, 1.54) is 32.1 Å². The Kier molecular flexibility index (Phi) is 9.94. The zero-order valence-electron chi connectivity index (χ0n) is 9.31.